The van der Waals surface area contributed by atoms with Gasteiger partial charge in [0.05, 0.1) is 6.54 Å². The number of halogens is 3. The zero-order valence-electron chi connectivity index (χ0n) is 17.4. The van der Waals surface area contributed by atoms with Crippen LogP contribution in [-0.4, -0.2) is 25.3 Å². The van der Waals surface area contributed by atoms with E-state index in [0.717, 1.165) is 44.5 Å². The summed E-state index contributed by atoms with van der Waals surface area (Å²) in [6, 6.07) is 15.5. The van der Waals surface area contributed by atoms with E-state index in [1.54, 1.807) is 35.4 Å². The summed E-state index contributed by atoms with van der Waals surface area (Å²) < 4.78 is 17.1. The molecule has 4 rings (SSSR count). The highest BCUT2D eigenvalue weighted by Crippen LogP contribution is 2.23. The van der Waals surface area contributed by atoms with Gasteiger partial charge >= 0.3 is 0 Å². The summed E-state index contributed by atoms with van der Waals surface area (Å²) in [6.45, 7) is 3.48. The summed E-state index contributed by atoms with van der Waals surface area (Å²) in [6.07, 6.45) is 2.67. The molecule has 5 nitrogen and oxygen atoms in total. The van der Waals surface area contributed by atoms with E-state index in [4.69, 9.17) is 4.98 Å². The smallest absolute Gasteiger partial charge is 0.254 e. The Kier molecular flexibility index (Phi) is 7.01. The fraction of sp³-hybridized carbons (Fsp3) is 0.208. The molecule has 0 fully saturated rings. The van der Waals surface area contributed by atoms with Gasteiger partial charge in [-0.25, -0.2) is 14.4 Å². The van der Waals surface area contributed by atoms with Crippen LogP contribution in [0.5, 0.6) is 0 Å². The number of nitrogens with zero attached hydrogens (tertiary/aromatic N) is 4. The number of rotatable bonds is 7. The Morgan fingerprint density at radius 1 is 1.06 bits per heavy atom. The van der Waals surface area contributed by atoms with Crippen molar-refractivity contribution in [3.63, 3.8) is 0 Å². The molecule has 1 amide bonds. The lowest BCUT2D eigenvalue weighted by molar-refractivity contribution is 0.0723. The standard InChI is InChI=1S/C24H21Br2FN4O/c1-2-10-31-22(29-21-4-3-9-28-23(21)31)15-30(14-16-5-7-20(27)8-6-16)24(32)17-11-18(25)13-19(26)12-17/h3-9,11-13H,2,10,14-15H2,1H3. The minimum Gasteiger partial charge on any atom is -0.327 e. The Morgan fingerprint density at radius 2 is 1.78 bits per heavy atom. The molecule has 0 bridgehead atoms. The van der Waals surface area contributed by atoms with Crippen LogP contribution >= 0.6 is 31.9 Å². The number of pyridine rings is 1. The van der Waals surface area contributed by atoms with Gasteiger partial charge in [-0.05, 0) is 54.4 Å². The number of benzene rings is 2. The SMILES string of the molecule is CCCn1c(CN(Cc2ccc(F)cc2)C(=O)c2cc(Br)cc(Br)c2)nc2cccnc21. The highest BCUT2D eigenvalue weighted by Gasteiger charge is 2.21. The van der Waals surface area contributed by atoms with Gasteiger partial charge in [0.25, 0.3) is 5.91 Å². The predicted octanol–water partition coefficient (Wildman–Crippen LogP) is 6.35. The lowest BCUT2D eigenvalue weighted by atomic mass is 10.1. The average Bonchev–Trinajstić information content (AvgIpc) is 3.11. The Hall–Kier alpha value is -2.58. The Labute approximate surface area is 202 Å². The summed E-state index contributed by atoms with van der Waals surface area (Å²) >= 11 is 6.92. The van der Waals surface area contributed by atoms with Crippen LogP contribution in [0, 0.1) is 5.82 Å². The fourth-order valence-electron chi connectivity index (χ4n) is 3.62. The summed E-state index contributed by atoms with van der Waals surface area (Å²) in [4.78, 5) is 24.6. The minimum atomic E-state index is -0.307. The Balaban J connectivity index is 1.73. The number of carbonyl (C=O) groups excluding carboxylic acids is 1. The molecule has 2 aromatic heterocycles. The van der Waals surface area contributed by atoms with Crippen molar-refractivity contribution in [1.29, 1.82) is 0 Å². The average molecular weight is 560 g/mol. The van der Waals surface area contributed by atoms with Crippen LogP contribution in [-0.2, 0) is 19.6 Å². The minimum absolute atomic E-state index is 0.139. The molecule has 0 saturated carbocycles. The zero-order valence-corrected chi connectivity index (χ0v) is 20.6. The van der Waals surface area contributed by atoms with Gasteiger partial charge in [0.2, 0.25) is 0 Å². The molecule has 32 heavy (non-hydrogen) atoms. The summed E-state index contributed by atoms with van der Waals surface area (Å²) in [5.74, 6) is 0.322. The van der Waals surface area contributed by atoms with Gasteiger partial charge in [-0.15, -0.1) is 0 Å². The van der Waals surface area contributed by atoms with Gasteiger partial charge in [0.15, 0.2) is 5.65 Å². The van der Waals surface area contributed by atoms with Gasteiger partial charge in [0, 0.05) is 33.8 Å². The van der Waals surface area contributed by atoms with Crippen molar-refractivity contribution in [2.24, 2.45) is 0 Å². The molecule has 2 heterocycles. The van der Waals surface area contributed by atoms with Crippen molar-refractivity contribution >= 4 is 48.9 Å². The number of aryl methyl sites for hydroxylation is 1. The molecule has 164 valence electrons. The van der Waals surface area contributed by atoms with Crippen molar-refractivity contribution in [3.8, 4) is 0 Å². The second kappa shape index (κ2) is 9.92. The van der Waals surface area contributed by atoms with Crippen molar-refractivity contribution in [2.45, 2.75) is 33.0 Å². The Bertz CT molecular complexity index is 1240. The van der Waals surface area contributed by atoms with Crippen LogP contribution in [0.3, 0.4) is 0 Å². The number of amides is 1. The summed E-state index contributed by atoms with van der Waals surface area (Å²) in [5.41, 5.74) is 2.99. The van der Waals surface area contributed by atoms with Crippen LogP contribution in [0.2, 0.25) is 0 Å². The highest BCUT2D eigenvalue weighted by molar-refractivity contribution is 9.11. The topological polar surface area (TPSA) is 51.0 Å². The molecule has 0 N–H and O–H groups in total. The van der Waals surface area contributed by atoms with E-state index in [0.29, 0.717) is 18.7 Å². The molecule has 0 aliphatic rings. The van der Waals surface area contributed by atoms with Crippen LogP contribution in [0.25, 0.3) is 11.2 Å². The first kappa shape index (κ1) is 22.6. The van der Waals surface area contributed by atoms with E-state index in [1.165, 1.54) is 12.1 Å². The first-order valence-electron chi connectivity index (χ1n) is 10.2. The van der Waals surface area contributed by atoms with E-state index in [2.05, 4.69) is 48.3 Å². The first-order chi connectivity index (χ1) is 15.4. The van der Waals surface area contributed by atoms with Gasteiger partial charge in [0.1, 0.15) is 17.2 Å². The van der Waals surface area contributed by atoms with Crippen molar-refractivity contribution in [3.05, 3.63) is 92.5 Å². The zero-order chi connectivity index (χ0) is 22.7. The molecule has 0 aliphatic heterocycles. The number of carbonyl (C=O) groups is 1. The maximum Gasteiger partial charge on any atom is 0.254 e. The Morgan fingerprint density at radius 3 is 2.47 bits per heavy atom. The lowest BCUT2D eigenvalue weighted by Gasteiger charge is -2.23. The molecule has 0 aliphatic carbocycles. The molecular formula is C24H21Br2FN4O. The molecule has 8 heteroatoms. The summed E-state index contributed by atoms with van der Waals surface area (Å²) in [5, 5.41) is 0. The summed E-state index contributed by atoms with van der Waals surface area (Å²) in [7, 11) is 0. The van der Waals surface area contributed by atoms with Crippen molar-refractivity contribution in [1.82, 2.24) is 19.4 Å². The van der Waals surface area contributed by atoms with Gasteiger partial charge in [-0.2, -0.15) is 0 Å². The maximum absolute atomic E-state index is 13.6. The molecule has 0 spiro atoms. The van der Waals surface area contributed by atoms with Gasteiger partial charge in [-0.3, -0.25) is 4.79 Å². The first-order valence-corrected chi connectivity index (χ1v) is 11.8. The third-order valence-electron chi connectivity index (χ3n) is 5.05. The lowest BCUT2D eigenvalue weighted by Crippen LogP contribution is -2.31. The molecule has 0 atom stereocenters. The molecule has 2 aromatic carbocycles. The van der Waals surface area contributed by atoms with Crippen LogP contribution in [0.4, 0.5) is 4.39 Å². The number of aromatic nitrogens is 3. The second-order valence-corrected chi connectivity index (χ2v) is 9.30. The number of hydrogen-bond donors (Lipinski definition) is 0. The van der Waals surface area contributed by atoms with Gasteiger partial charge in [-0.1, -0.05) is 50.9 Å². The van der Waals surface area contributed by atoms with E-state index in [9.17, 15) is 9.18 Å². The molecule has 0 saturated heterocycles. The van der Waals surface area contributed by atoms with E-state index in [-0.39, 0.29) is 11.7 Å². The van der Waals surface area contributed by atoms with Crippen molar-refractivity contribution < 1.29 is 9.18 Å². The fourth-order valence-corrected chi connectivity index (χ4v) is 4.92. The maximum atomic E-state index is 13.6. The third-order valence-corrected chi connectivity index (χ3v) is 5.96. The highest BCUT2D eigenvalue weighted by atomic mass is 79.9. The largest absolute Gasteiger partial charge is 0.327 e. The third kappa shape index (κ3) is 5.07. The van der Waals surface area contributed by atoms with Gasteiger partial charge < -0.3 is 9.47 Å². The normalized spacial score (nSPS) is 11.1. The number of imidazole rings is 1. The predicted molar refractivity (Wildman–Crippen MR) is 130 cm³/mol. The van der Waals surface area contributed by atoms with E-state index in [1.807, 2.05) is 18.2 Å². The molecule has 0 unspecified atom stereocenters. The second-order valence-electron chi connectivity index (χ2n) is 7.47. The quantitative estimate of drug-likeness (QED) is 0.265. The van der Waals surface area contributed by atoms with Crippen LogP contribution in [0.15, 0.2) is 69.7 Å². The number of hydrogen-bond acceptors (Lipinski definition) is 3. The van der Waals surface area contributed by atoms with E-state index >= 15 is 0 Å². The molecular weight excluding hydrogens is 539 g/mol. The monoisotopic (exact) mass is 558 g/mol. The van der Waals surface area contributed by atoms with Crippen molar-refractivity contribution in [2.75, 3.05) is 0 Å². The van der Waals surface area contributed by atoms with Crippen LogP contribution < -0.4 is 0 Å². The number of fused-ring (bicyclic) bond motifs is 1. The molecule has 0 radical (unpaired) electrons. The molecule has 4 aromatic rings. The van der Waals surface area contributed by atoms with E-state index < -0.39 is 0 Å². The van der Waals surface area contributed by atoms with Crippen LogP contribution in [0.1, 0.15) is 35.1 Å².